The van der Waals surface area contributed by atoms with Gasteiger partial charge in [0.2, 0.25) is 11.0 Å². The Morgan fingerprint density at radius 1 is 1.44 bits per heavy atom. The lowest BCUT2D eigenvalue weighted by Gasteiger charge is -2.06. The molecular weight excluding hydrogens is 226 g/mol. The molecule has 0 heterocycles. The van der Waals surface area contributed by atoms with Crippen molar-refractivity contribution in [3.8, 4) is 5.75 Å². The van der Waals surface area contributed by atoms with Gasteiger partial charge in [-0.25, -0.2) is 0 Å². The predicted octanol–water partition coefficient (Wildman–Crippen LogP) is 2.24. The van der Waals surface area contributed by atoms with Crippen LogP contribution in [-0.4, -0.2) is 21.9 Å². The zero-order valence-electron chi connectivity index (χ0n) is 9.11. The summed E-state index contributed by atoms with van der Waals surface area (Å²) in [6.07, 6.45) is 0. The number of thioether (sulfide) groups is 1. The van der Waals surface area contributed by atoms with E-state index >= 15 is 0 Å². The van der Waals surface area contributed by atoms with Crippen LogP contribution in [0.15, 0.2) is 18.2 Å². The van der Waals surface area contributed by atoms with Crippen LogP contribution in [0.4, 0.5) is 5.69 Å². The third kappa shape index (κ3) is 3.27. The lowest BCUT2D eigenvalue weighted by atomic mass is 10.2. The summed E-state index contributed by atoms with van der Waals surface area (Å²) < 4.78 is 0. The first-order valence-electron chi connectivity index (χ1n) is 4.82. The van der Waals surface area contributed by atoms with Crippen molar-refractivity contribution in [1.29, 1.82) is 0 Å². The summed E-state index contributed by atoms with van der Waals surface area (Å²) in [5, 5.41) is 12.0. The fraction of sp³-hybridized carbons (Fsp3) is 0.273. The number of rotatable bonds is 3. The van der Waals surface area contributed by atoms with Crippen molar-refractivity contribution in [2.24, 2.45) is 0 Å². The Morgan fingerprint density at radius 3 is 2.62 bits per heavy atom. The Balaban J connectivity index is 2.91. The van der Waals surface area contributed by atoms with Crippen molar-refractivity contribution in [2.75, 3.05) is 11.1 Å². The molecule has 0 fully saturated rings. The van der Waals surface area contributed by atoms with E-state index in [0.717, 1.165) is 11.8 Å². The average molecular weight is 239 g/mol. The van der Waals surface area contributed by atoms with Gasteiger partial charge in [0.25, 0.3) is 0 Å². The zero-order chi connectivity index (χ0) is 12.1. The Kier molecular flexibility index (Phi) is 4.37. The number of benzene rings is 1. The van der Waals surface area contributed by atoms with Gasteiger partial charge in [-0.1, -0.05) is 18.7 Å². The molecule has 4 nitrogen and oxygen atoms in total. The van der Waals surface area contributed by atoms with E-state index in [1.807, 2.05) is 6.92 Å². The van der Waals surface area contributed by atoms with Gasteiger partial charge in [-0.2, -0.15) is 0 Å². The number of phenolic OH excluding ortho intramolecular Hbond substituents is 1. The van der Waals surface area contributed by atoms with E-state index < -0.39 is 0 Å². The molecule has 0 saturated heterocycles. The maximum absolute atomic E-state index is 11.5. The maximum atomic E-state index is 11.5. The summed E-state index contributed by atoms with van der Waals surface area (Å²) in [7, 11) is 0. The third-order valence-electron chi connectivity index (χ3n) is 1.81. The van der Waals surface area contributed by atoms with Gasteiger partial charge >= 0.3 is 0 Å². The number of hydrogen-bond donors (Lipinski definition) is 2. The van der Waals surface area contributed by atoms with E-state index in [4.69, 9.17) is 0 Å². The van der Waals surface area contributed by atoms with E-state index in [0.29, 0.717) is 11.4 Å². The Bertz CT molecular complexity index is 418. The highest BCUT2D eigenvalue weighted by molar-refractivity contribution is 8.14. The lowest BCUT2D eigenvalue weighted by molar-refractivity contribution is -0.114. The fourth-order valence-electron chi connectivity index (χ4n) is 1.19. The number of carbonyl (C=O) groups excluding carboxylic acids is 2. The standard InChI is InChI=1S/C11H13NO3S/c1-3-16-11(15)9-5-4-8(6-10(9)14)12-7(2)13/h4-6,14H,3H2,1-2H3,(H,12,13). The van der Waals surface area contributed by atoms with Crippen molar-refractivity contribution in [3.05, 3.63) is 23.8 Å². The molecule has 1 aromatic rings. The molecule has 1 amide bonds. The Morgan fingerprint density at radius 2 is 2.12 bits per heavy atom. The van der Waals surface area contributed by atoms with E-state index in [-0.39, 0.29) is 22.3 Å². The number of carbonyl (C=O) groups is 2. The topological polar surface area (TPSA) is 66.4 Å². The summed E-state index contributed by atoms with van der Waals surface area (Å²) in [6, 6.07) is 4.46. The minimum atomic E-state index is -0.221. The second kappa shape index (κ2) is 5.55. The fourth-order valence-corrected chi connectivity index (χ4v) is 1.78. The van der Waals surface area contributed by atoms with Crippen LogP contribution < -0.4 is 5.32 Å². The Labute approximate surface area is 98.0 Å². The van der Waals surface area contributed by atoms with Crippen LogP contribution in [0.25, 0.3) is 0 Å². The van der Waals surface area contributed by atoms with Crippen LogP contribution in [0.5, 0.6) is 5.75 Å². The molecule has 1 rings (SSSR count). The highest BCUT2D eigenvalue weighted by atomic mass is 32.2. The minimum Gasteiger partial charge on any atom is -0.507 e. The molecule has 0 saturated carbocycles. The molecule has 0 aliphatic heterocycles. The summed E-state index contributed by atoms with van der Waals surface area (Å²) in [6.45, 7) is 3.24. The summed E-state index contributed by atoms with van der Waals surface area (Å²) in [5.41, 5.74) is 0.740. The van der Waals surface area contributed by atoms with Gasteiger partial charge in [-0.15, -0.1) is 0 Å². The molecule has 0 spiro atoms. The molecule has 0 bridgehead atoms. The maximum Gasteiger partial charge on any atom is 0.223 e. The molecule has 0 aliphatic carbocycles. The van der Waals surface area contributed by atoms with Crippen LogP contribution in [-0.2, 0) is 4.79 Å². The van der Waals surface area contributed by atoms with Gasteiger partial charge in [0.1, 0.15) is 5.75 Å². The largest absolute Gasteiger partial charge is 0.507 e. The highest BCUT2D eigenvalue weighted by Crippen LogP contribution is 2.25. The molecule has 16 heavy (non-hydrogen) atoms. The quantitative estimate of drug-likeness (QED) is 0.849. The Hall–Kier alpha value is -1.49. The molecule has 1 aromatic carbocycles. The number of hydrogen-bond acceptors (Lipinski definition) is 4. The molecule has 86 valence electrons. The van der Waals surface area contributed by atoms with E-state index in [1.54, 1.807) is 6.07 Å². The molecule has 0 radical (unpaired) electrons. The molecule has 0 unspecified atom stereocenters. The predicted molar refractivity (Wildman–Crippen MR) is 64.9 cm³/mol. The molecule has 0 atom stereocenters. The smallest absolute Gasteiger partial charge is 0.223 e. The third-order valence-corrected chi connectivity index (χ3v) is 2.58. The second-order valence-corrected chi connectivity index (χ2v) is 4.37. The summed E-state index contributed by atoms with van der Waals surface area (Å²) in [5.74, 6) is 0.324. The first-order valence-corrected chi connectivity index (χ1v) is 5.81. The van der Waals surface area contributed by atoms with Crippen molar-refractivity contribution < 1.29 is 14.7 Å². The van der Waals surface area contributed by atoms with Gasteiger partial charge in [-0.3, -0.25) is 9.59 Å². The average Bonchev–Trinajstić information content (AvgIpc) is 2.16. The molecular formula is C11H13NO3S. The van der Waals surface area contributed by atoms with Crippen molar-refractivity contribution in [3.63, 3.8) is 0 Å². The molecule has 5 heteroatoms. The molecule has 2 N–H and O–H groups in total. The SMILES string of the molecule is CCSC(=O)c1ccc(NC(C)=O)cc1O. The van der Waals surface area contributed by atoms with Crippen molar-refractivity contribution >= 4 is 28.5 Å². The minimum absolute atomic E-state index is 0.114. The van der Waals surface area contributed by atoms with Gasteiger partial charge in [-0.05, 0) is 17.9 Å². The summed E-state index contributed by atoms with van der Waals surface area (Å²) >= 11 is 1.13. The van der Waals surface area contributed by atoms with E-state index in [2.05, 4.69) is 5.32 Å². The van der Waals surface area contributed by atoms with E-state index in [9.17, 15) is 14.7 Å². The highest BCUT2D eigenvalue weighted by Gasteiger charge is 2.11. The van der Waals surface area contributed by atoms with Crippen molar-refractivity contribution in [2.45, 2.75) is 13.8 Å². The normalized spacial score (nSPS) is 9.88. The van der Waals surface area contributed by atoms with Crippen LogP contribution in [0.2, 0.25) is 0 Å². The first-order chi connectivity index (χ1) is 7.54. The van der Waals surface area contributed by atoms with Crippen LogP contribution in [0.1, 0.15) is 24.2 Å². The molecule has 0 aliphatic rings. The number of phenols is 1. The number of aromatic hydroxyl groups is 1. The monoisotopic (exact) mass is 239 g/mol. The van der Waals surface area contributed by atoms with Gasteiger partial charge in [0.05, 0.1) is 5.56 Å². The van der Waals surface area contributed by atoms with Crippen LogP contribution in [0.3, 0.4) is 0 Å². The van der Waals surface area contributed by atoms with Crippen molar-refractivity contribution in [1.82, 2.24) is 0 Å². The number of amides is 1. The molecule has 0 aromatic heterocycles. The van der Waals surface area contributed by atoms with Crippen LogP contribution in [0, 0.1) is 0 Å². The lowest BCUT2D eigenvalue weighted by Crippen LogP contribution is -2.06. The second-order valence-electron chi connectivity index (χ2n) is 3.13. The van der Waals surface area contributed by atoms with Gasteiger partial charge in [0.15, 0.2) is 0 Å². The zero-order valence-corrected chi connectivity index (χ0v) is 9.93. The van der Waals surface area contributed by atoms with Gasteiger partial charge in [0, 0.05) is 18.7 Å². The summed E-state index contributed by atoms with van der Waals surface area (Å²) in [4.78, 5) is 22.3. The number of nitrogens with one attached hydrogen (secondary N) is 1. The first kappa shape index (κ1) is 12.6. The number of anilines is 1. The van der Waals surface area contributed by atoms with Gasteiger partial charge < -0.3 is 10.4 Å². The van der Waals surface area contributed by atoms with E-state index in [1.165, 1.54) is 19.1 Å². The van der Waals surface area contributed by atoms with Crippen LogP contribution >= 0.6 is 11.8 Å².